The van der Waals surface area contributed by atoms with Gasteiger partial charge in [-0.25, -0.2) is 4.79 Å². The second-order valence-electron chi connectivity index (χ2n) is 3.13. The first kappa shape index (κ1) is 11.7. The van der Waals surface area contributed by atoms with E-state index in [-0.39, 0.29) is 18.0 Å². The van der Waals surface area contributed by atoms with Crippen molar-refractivity contribution < 1.29 is 9.53 Å². The smallest absolute Gasteiger partial charge is 0.409 e. The summed E-state index contributed by atoms with van der Waals surface area (Å²) < 4.78 is 4.92. The van der Waals surface area contributed by atoms with E-state index in [4.69, 9.17) is 15.9 Å². The molecule has 0 rings (SSSR count). The number of carbonyl (C=O) groups excluding carboxylic acids is 1. The molecule has 0 saturated carbocycles. The average Bonchev–Trinajstić information content (AvgIpc) is 1.98. The van der Waals surface area contributed by atoms with Gasteiger partial charge in [-0.1, -0.05) is 0 Å². The summed E-state index contributed by atoms with van der Waals surface area (Å²) in [6, 6.07) is 0. The molecule has 13 heavy (non-hydrogen) atoms. The van der Waals surface area contributed by atoms with E-state index in [0.717, 1.165) is 0 Å². The van der Waals surface area contributed by atoms with Gasteiger partial charge in [0.05, 0.1) is 11.9 Å². The molecule has 0 saturated heterocycles. The zero-order chi connectivity index (χ0) is 10.4. The van der Waals surface area contributed by atoms with E-state index >= 15 is 0 Å². The lowest BCUT2D eigenvalue weighted by molar-refractivity contribution is 0.0848. The third-order valence-electron chi connectivity index (χ3n) is 1.36. The van der Waals surface area contributed by atoms with Crippen LogP contribution in [-0.2, 0) is 4.74 Å². The van der Waals surface area contributed by atoms with Crippen LogP contribution in [0, 0.1) is 5.41 Å². The summed E-state index contributed by atoms with van der Waals surface area (Å²) in [6.45, 7) is 3.99. The van der Waals surface area contributed by atoms with Gasteiger partial charge in [-0.2, -0.15) is 0 Å². The van der Waals surface area contributed by atoms with E-state index < -0.39 is 0 Å². The minimum Gasteiger partial charge on any atom is -0.447 e. The van der Waals surface area contributed by atoms with E-state index in [1.165, 1.54) is 4.90 Å². The van der Waals surface area contributed by atoms with Gasteiger partial charge in [-0.05, 0) is 13.8 Å². The maximum atomic E-state index is 11.2. The van der Waals surface area contributed by atoms with Gasteiger partial charge in [-0.15, -0.1) is 0 Å². The van der Waals surface area contributed by atoms with Crippen LogP contribution in [0.2, 0.25) is 0 Å². The van der Waals surface area contributed by atoms with Crippen LogP contribution in [-0.4, -0.2) is 36.5 Å². The monoisotopic (exact) mass is 187 g/mol. The van der Waals surface area contributed by atoms with Crippen molar-refractivity contribution in [2.75, 3.05) is 13.6 Å². The number of nitrogens with one attached hydrogen (secondary N) is 1. The van der Waals surface area contributed by atoms with Crippen LogP contribution in [0.3, 0.4) is 0 Å². The number of carbonyl (C=O) groups is 1. The summed E-state index contributed by atoms with van der Waals surface area (Å²) in [5.74, 6) is 0.0733. The highest BCUT2D eigenvalue weighted by atomic mass is 16.6. The number of amidine groups is 1. The Balaban J connectivity index is 3.76. The number of nitrogens with two attached hydrogens (primary N) is 1. The van der Waals surface area contributed by atoms with Crippen molar-refractivity contribution in [2.45, 2.75) is 26.4 Å². The fraction of sp³-hybridized carbons (Fsp3) is 0.750. The van der Waals surface area contributed by atoms with Crippen LogP contribution >= 0.6 is 0 Å². The first-order valence-electron chi connectivity index (χ1n) is 4.18. The van der Waals surface area contributed by atoms with E-state index in [9.17, 15) is 4.79 Å². The van der Waals surface area contributed by atoms with Crippen molar-refractivity contribution in [1.82, 2.24) is 4.90 Å². The standard InChI is InChI=1S/C8H17N3O2/c1-6(2)13-8(12)11(3)5-4-7(9)10/h6H,4-5H2,1-3H3,(H3,9,10). The molecule has 5 nitrogen and oxygen atoms in total. The maximum Gasteiger partial charge on any atom is 0.409 e. The average molecular weight is 187 g/mol. The molecule has 1 amide bonds. The molecule has 0 aliphatic rings. The largest absolute Gasteiger partial charge is 0.447 e. The summed E-state index contributed by atoms with van der Waals surface area (Å²) in [6.07, 6.45) is -0.118. The van der Waals surface area contributed by atoms with E-state index in [0.29, 0.717) is 13.0 Å². The van der Waals surface area contributed by atoms with Crippen molar-refractivity contribution in [3.8, 4) is 0 Å². The predicted octanol–water partition coefficient (Wildman–Crippen LogP) is 0.789. The minimum absolute atomic E-state index is 0.0733. The lowest BCUT2D eigenvalue weighted by atomic mass is 10.4. The summed E-state index contributed by atoms with van der Waals surface area (Å²) in [7, 11) is 1.62. The third kappa shape index (κ3) is 5.95. The molecular weight excluding hydrogens is 170 g/mol. The molecule has 0 atom stereocenters. The van der Waals surface area contributed by atoms with Crippen LogP contribution in [0.5, 0.6) is 0 Å². The Hall–Kier alpha value is -1.26. The SMILES string of the molecule is CC(C)OC(=O)N(C)CCC(=N)N. The lowest BCUT2D eigenvalue weighted by Gasteiger charge is -2.18. The highest BCUT2D eigenvalue weighted by Gasteiger charge is 2.10. The quantitative estimate of drug-likeness (QED) is 0.504. The topological polar surface area (TPSA) is 79.4 Å². The molecule has 0 fully saturated rings. The number of nitrogens with zero attached hydrogens (tertiary/aromatic N) is 1. The van der Waals surface area contributed by atoms with Gasteiger partial charge in [0.15, 0.2) is 0 Å². The highest BCUT2D eigenvalue weighted by Crippen LogP contribution is 1.96. The molecule has 0 aromatic carbocycles. The molecule has 5 heteroatoms. The van der Waals surface area contributed by atoms with Gasteiger partial charge in [0.1, 0.15) is 0 Å². The number of rotatable bonds is 4. The Labute approximate surface area is 78.4 Å². The number of hydrogen-bond donors (Lipinski definition) is 2. The summed E-state index contributed by atoms with van der Waals surface area (Å²) >= 11 is 0. The van der Waals surface area contributed by atoms with Crippen molar-refractivity contribution in [3.63, 3.8) is 0 Å². The van der Waals surface area contributed by atoms with Gasteiger partial charge in [0, 0.05) is 20.0 Å². The minimum atomic E-state index is -0.378. The molecule has 0 spiro atoms. The fourth-order valence-electron chi connectivity index (χ4n) is 0.671. The first-order chi connectivity index (χ1) is 5.93. The number of amides is 1. The van der Waals surface area contributed by atoms with E-state index in [1.807, 2.05) is 0 Å². The number of hydrogen-bond acceptors (Lipinski definition) is 3. The van der Waals surface area contributed by atoms with Crippen molar-refractivity contribution in [1.29, 1.82) is 5.41 Å². The van der Waals surface area contributed by atoms with Crippen molar-refractivity contribution >= 4 is 11.9 Å². The van der Waals surface area contributed by atoms with Gasteiger partial charge in [0.25, 0.3) is 0 Å². The van der Waals surface area contributed by atoms with Crippen molar-refractivity contribution in [2.24, 2.45) is 5.73 Å². The summed E-state index contributed by atoms with van der Waals surface area (Å²) in [5, 5.41) is 6.97. The molecule has 76 valence electrons. The van der Waals surface area contributed by atoms with Gasteiger partial charge >= 0.3 is 6.09 Å². The number of ether oxygens (including phenoxy) is 1. The van der Waals surface area contributed by atoms with Gasteiger partial charge in [0.2, 0.25) is 0 Å². The predicted molar refractivity (Wildman–Crippen MR) is 50.8 cm³/mol. The van der Waals surface area contributed by atoms with Crippen LogP contribution in [0.15, 0.2) is 0 Å². The Morgan fingerprint density at radius 2 is 2.15 bits per heavy atom. The molecule has 0 aliphatic carbocycles. The zero-order valence-corrected chi connectivity index (χ0v) is 8.33. The molecule has 0 heterocycles. The lowest BCUT2D eigenvalue weighted by Crippen LogP contribution is -2.32. The van der Waals surface area contributed by atoms with Crippen LogP contribution in [0.25, 0.3) is 0 Å². The summed E-state index contributed by atoms with van der Waals surface area (Å²) in [5.41, 5.74) is 5.15. The fourth-order valence-corrected chi connectivity index (χ4v) is 0.671. The van der Waals surface area contributed by atoms with Gasteiger partial charge in [-0.3, -0.25) is 5.41 Å². The first-order valence-corrected chi connectivity index (χ1v) is 4.18. The van der Waals surface area contributed by atoms with Crippen LogP contribution in [0.4, 0.5) is 4.79 Å². The van der Waals surface area contributed by atoms with E-state index in [1.54, 1.807) is 20.9 Å². The summed E-state index contributed by atoms with van der Waals surface area (Å²) in [4.78, 5) is 12.6. The second-order valence-corrected chi connectivity index (χ2v) is 3.13. The molecule has 0 unspecified atom stereocenters. The second kappa shape index (κ2) is 5.40. The molecule has 0 aliphatic heterocycles. The molecular formula is C8H17N3O2. The third-order valence-corrected chi connectivity index (χ3v) is 1.36. The molecule has 0 aromatic heterocycles. The highest BCUT2D eigenvalue weighted by molar-refractivity contribution is 5.77. The molecule has 0 radical (unpaired) electrons. The zero-order valence-electron chi connectivity index (χ0n) is 8.33. The Kier molecular flexibility index (Phi) is 4.87. The van der Waals surface area contributed by atoms with Crippen LogP contribution < -0.4 is 5.73 Å². The van der Waals surface area contributed by atoms with Crippen molar-refractivity contribution in [3.05, 3.63) is 0 Å². The maximum absolute atomic E-state index is 11.2. The Bertz CT molecular complexity index is 192. The Morgan fingerprint density at radius 3 is 2.54 bits per heavy atom. The molecule has 3 N–H and O–H groups in total. The molecule has 0 aromatic rings. The normalized spacial score (nSPS) is 9.85. The van der Waals surface area contributed by atoms with Gasteiger partial charge < -0.3 is 15.4 Å². The molecule has 0 bridgehead atoms. The van der Waals surface area contributed by atoms with Crippen LogP contribution in [0.1, 0.15) is 20.3 Å². The Morgan fingerprint density at radius 1 is 1.62 bits per heavy atom. The van der Waals surface area contributed by atoms with E-state index in [2.05, 4.69) is 0 Å².